The van der Waals surface area contributed by atoms with Crippen LogP contribution in [-0.2, 0) is 20.1 Å². The van der Waals surface area contributed by atoms with Gasteiger partial charge in [-0.2, -0.15) is 0 Å². The molecule has 0 amide bonds. The molecule has 2 rings (SSSR count). The van der Waals surface area contributed by atoms with Crippen molar-refractivity contribution in [3.63, 3.8) is 0 Å². The Morgan fingerprint density at radius 2 is 2.25 bits per heavy atom. The molecule has 0 unspecified atom stereocenters. The van der Waals surface area contributed by atoms with Crippen molar-refractivity contribution in [2.75, 3.05) is 7.11 Å². The largest absolute Gasteiger partial charge is 0.496 e. The fourth-order valence-corrected chi connectivity index (χ4v) is 1.79. The summed E-state index contributed by atoms with van der Waals surface area (Å²) < 4.78 is 7.00. The highest BCUT2D eigenvalue weighted by Gasteiger charge is 2.11. The van der Waals surface area contributed by atoms with Gasteiger partial charge in [0.15, 0.2) is 0 Å². The van der Waals surface area contributed by atoms with E-state index in [-0.39, 0.29) is 5.69 Å². The maximum atomic E-state index is 10.8. The first kappa shape index (κ1) is 13.9. The number of nitrogens with zero attached hydrogens (tertiary/aromatic N) is 4. The van der Waals surface area contributed by atoms with Crippen LogP contribution >= 0.6 is 0 Å². The molecule has 1 aromatic carbocycles. The summed E-state index contributed by atoms with van der Waals surface area (Å²) in [6, 6.07) is 4.52. The van der Waals surface area contributed by atoms with E-state index in [1.54, 1.807) is 17.0 Å². The van der Waals surface area contributed by atoms with E-state index in [9.17, 15) is 10.1 Å². The summed E-state index contributed by atoms with van der Waals surface area (Å²) in [5, 5.41) is 21.7. The average Bonchev–Trinajstić information content (AvgIpc) is 2.84. The Labute approximate surface area is 115 Å². The molecule has 1 aromatic heterocycles. The van der Waals surface area contributed by atoms with Crippen LogP contribution in [-0.4, -0.2) is 26.8 Å². The van der Waals surface area contributed by atoms with E-state index in [1.165, 1.54) is 19.2 Å². The van der Waals surface area contributed by atoms with E-state index in [2.05, 4.69) is 15.5 Å². The van der Waals surface area contributed by atoms with Gasteiger partial charge in [-0.25, -0.2) is 0 Å². The number of benzene rings is 1. The van der Waals surface area contributed by atoms with Crippen LogP contribution in [0.3, 0.4) is 0 Å². The minimum atomic E-state index is -0.425. The van der Waals surface area contributed by atoms with Crippen LogP contribution < -0.4 is 10.1 Å². The summed E-state index contributed by atoms with van der Waals surface area (Å²) in [7, 11) is 3.39. The number of hydrogen-bond acceptors (Lipinski definition) is 6. The van der Waals surface area contributed by atoms with Gasteiger partial charge in [0.25, 0.3) is 5.69 Å². The number of methoxy groups -OCH3 is 1. The summed E-state index contributed by atoms with van der Waals surface area (Å²) in [4.78, 5) is 10.4. The van der Waals surface area contributed by atoms with Crippen molar-refractivity contribution in [2.24, 2.45) is 7.05 Å². The highest BCUT2D eigenvalue weighted by Crippen LogP contribution is 2.23. The van der Waals surface area contributed by atoms with Crippen LogP contribution in [0.2, 0.25) is 0 Å². The molecule has 0 bridgehead atoms. The molecule has 8 heteroatoms. The van der Waals surface area contributed by atoms with Crippen LogP contribution in [0.1, 0.15) is 11.4 Å². The zero-order valence-electron chi connectivity index (χ0n) is 11.2. The van der Waals surface area contributed by atoms with Crippen LogP contribution in [0, 0.1) is 10.1 Å². The summed E-state index contributed by atoms with van der Waals surface area (Å²) in [5.41, 5.74) is 0.769. The van der Waals surface area contributed by atoms with Crippen LogP contribution in [0.5, 0.6) is 5.75 Å². The molecular formula is C12H15N5O3. The number of ether oxygens (including phenoxy) is 1. The first-order chi connectivity index (χ1) is 9.61. The van der Waals surface area contributed by atoms with Gasteiger partial charge in [-0.15, -0.1) is 10.2 Å². The lowest BCUT2D eigenvalue weighted by Gasteiger charge is -2.09. The van der Waals surface area contributed by atoms with Crippen molar-refractivity contribution >= 4 is 5.69 Å². The quantitative estimate of drug-likeness (QED) is 0.625. The Balaban J connectivity index is 2.06. The van der Waals surface area contributed by atoms with E-state index in [1.807, 2.05) is 7.05 Å². The van der Waals surface area contributed by atoms with Gasteiger partial charge in [0.2, 0.25) is 0 Å². The molecule has 0 saturated heterocycles. The second-order valence-electron chi connectivity index (χ2n) is 4.21. The van der Waals surface area contributed by atoms with Crippen molar-refractivity contribution < 1.29 is 9.66 Å². The lowest BCUT2D eigenvalue weighted by Crippen LogP contribution is -2.16. The van der Waals surface area contributed by atoms with Crippen molar-refractivity contribution in [3.8, 4) is 5.75 Å². The molecule has 0 aliphatic carbocycles. The van der Waals surface area contributed by atoms with Crippen molar-refractivity contribution in [1.29, 1.82) is 0 Å². The molecular weight excluding hydrogens is 262 g/mol. The maximum absolute atomic E-state index is 10.8. The second-order valence-corrected chi connectivity index (χ2v) is 4.21. The Kier molecular flexibility index (Phi) is 4.26. The van der Waals surface area contributed by atoms with Gasteiger partial charge in [0, 0.05) is 31.3 Å². The fourth-order valence-electron chi connectivity index (χ4n) is 1.79. The molecule has 0 aliphatic rings. The molecule has 0 fully saturated rings. The summed E-state index contributed by atoms with van der Waals surface area (Å²) in [6.07, 6.45) is 1.62. The SMILES string of the molecule is COc1ccc([N+](=O)[O-])cc1CNCc1nncn1C. The third-order valence-electron chi connectivity index (χ3n) is 2.88. The maximum Gasteiger partial charge on any atom is 0.270 e. The number of nitro groups is 1. The van der Waals surface area contributed by atoms with Crippen molar-refractivity contribution in [3.05, 3.63) is 46.0 Å². The Morgan fingerprint density at radius 3 is 2.85 bits per heavy atom. The number of nitrogens with one attached hydrogen (secondary N) is 1. The minimum Gasteiger partial charge on any atom is -0.496 e. The van der Waals surface area contributed by atoms with Gasteiger partial charge in [-0.1, -0.05) is 0 Å². The highest BCUT2D eigenvalue weighted by atomic mass is 16.6. The molecule has 2 aromatic rings. The first-order valence-electron chi connectivity index (χ1n) is 5.96. The van der Waals surface area contributed by atoms with Gasteiger partial charge in [-0.05, 0) is 6.07 Å². The molecule has 0 radical (unpaired) electrons. The van der Waals surface area contributed by atoms with E-state index in [0.29, 0.717) is 18.8 Å². The summed E-state index contributed by atoms with van der Waals surface area (Å²) >= 11 is 0. The topological polar surface area (TPSA) is 95.1 Å². The number of aryl methyl sites for hydroxylation is 1. The van der Waals surface area contributed by atoms with E-state index < -0.39 is 4.92 Å². The predicted molar refractivity (Wildman–Crippen MR) is 71.2 cm³/mol. The monoisotopic (exact) mass is 277 g/mol. The average molecular weight is 277 g/mol. The molecule has 20 heavy (non-hydrogen) atoms. The summed E-state index contributed by atoms with van der Waals surface area (Å²) in [6.45, 7) is 0.958. The van der Waals surface area contributed by atoms with E-state index in [0.717, 1.165) is 11.4 Å². The summed E-state index contributed by atoms with van der Waals surface area (Å²) in [5.74, 6) is 1.40. The minimum absolute atomic E-state index is 0.0428. The highest BCUT2D eigenvalue weighted by molar-refractivity contribution is 5.43. The number of non-ortho nitro benzene ring substituents is 1. The third kappa shape index (κ3) is 3.09. The van der Waals surface area contributed by atoms with Crippen LogP contribution in [0.25, 0.3) is 0 Å². The molecule has 1 N–H and O–H groups in total. The lowest BCUT2D eigenvalue weighted by atomic mass is 10.1. The molecule has 0 aliphatic heterocycles. The third-order valence-corrected chi connectivity index (χ3v) is 2.88. The van der Waals surface area contributed by atoms with Gasteiger partial charge in [0.05, 0.1) is 18.6 Å². The molecule has 8 nitrogen and oxygen atoms in total. The van der Waals surface area contributed by atoms with Gasteiger partial charge < -0.3 is 14.6 Å². The zero-order chi connectivity index (χ0) is 14.5. The number of rotatable bonds is 6. The Bertz CT molecular complexity index is 611. The Morgan fingerprint density at radius 1 is 1.45 bits per heavy atom. The van der Waals surface area contributed by atoms with Crippen LogP contribution in [0.15, 0.2) is 24.5 Å². The molecule has 106 valence electrons. The Hall–Kier alpha value is -2.48. The van der Waals surface area contributed by atoms with E-state index >= 15 is 0 Å². The smallest absolute Gasteiger partial charge is 0.270 e. The van der Waals surface area contributed by atoms with Crippen LogP contribution in [0.4, 0.5) is 5.69 Å². The fraction of sp³-hybridized carbons (Fsp3) is 0.333. The van der Waals surface area contributed by atoms with Gasteiger partial charge in [0.1, 0.15) is 17.9 Å². The molecule has 1 heterocycles. The van der Waals surface area contributed by atoms with Crippen molar-refractivity contribution in [1.82, 2.24) is 20.1 Å². The molecule has 0 saturated carbocycles. The predicted octanol–water partition coefficient (Wildman–Crippen LogP) is 1.02. The van der Waals surface area contributed by atoms with Crippen molar-refractivity contribution in [2.45, 2.75) is 13.1 Å². The van der Waals surface area contributed by atoms with Gasteiger partial charge in [-0.3, -0.25) is 10.1 Å². The number of hydrogen-bond donors (Lipinski definition) is 1. The van der Waals surface area contributed by atoms with E-state index in [4.69, 9.17) is 4.74 Å². The first-order valence-corrected chi connectivity index (χ1v) is 5.96. The lowest BCUT2D eigenvalue weighted by molar-refractivity contribution is -0.384. The van der Waals surface area contributed by atoms with Gasteiger partial charge >= 0.3 is 0 Å². The molecule has 0 atom stereocenters. The number of aromatic nitrogens is 3. The molecule has 0 spiro atoms. The normalized spacial score (nSPS) is 10.5. The standard InChI is InChI=1S/C12H15N5O3/c1-16-8-14-15-12(16)7-13-6-9-5-10(17(18)19)3-4-11(9)20-2/h3-5,8,13H,6-7H2,1-2H3. The second kappa shape index (κ2) is 6.11. The number of nitro benzene ring substituents is 1. The zero-order valence-corrected chi connectivity index (χ0v) is 11.2.